The Hall–Kier alpha value is -2.20. The molecule has 1 aliphatic rings. The number of carbonyl (C=O) groups excluding carboxylic acids is 1. The lowest BCUT2D eigenvalue weighted by atomic mass is 9.86. The standard InChI is InChI=1S/C21H24FNO2/c1-23(14-21(15-24)11-2-3-12-21)20(25)17-9-7-16(8-10-17)18-5-4-6-19(22)13-18/h4-10,13,24H,2-3,11-12,14-15H2,1H3. The van der Waals surface area contributed by atoms with Gasteiger partial charge in [0.1, 0.15) is 5.82 Å². The minimum absolute atomic E-state index is 0.0504. The predicted molar refractivity (Wildman–Crippen MR) is 96.8 cm³/mol. The van der Waals surface area contributed by atoms with Crippen LogP contribution in [0.25, 0.3) is 11.1 Å². The second kappa shape index (κ2) is 7.36. The van der Waals surface area contributed by atoms with Crippen molar-refractivity contribution in [1.82, 2.24) is 4.90 Å². The molecule has 2 aromatic rings. The largest absolute Gasteiger partial charge is 0.396 e. The van der Waals surface area contributed by atoms with Gasteiger partial charge in [-0.2, -0.15) is 0 Å². The second-order valence-corrected chi connectivity index (χ2v) is 7.11. The number of halogens is 1. The molecular weight excluding hydrogens is 317 g/mol. The van der Waals surface area contributed by atoms with Gasteiger partial charge in [0.25, 0.3) is 5.91 Å². The van der Waals surface area contributed by atoms with Crippen molar-refractivity contribution in [2.45, 2.75) is 25.7 Å². The van der Waals surface area contributed by atoms with E-state index in [0.717, 1.165) is 36.8 Å². The second-order valence-electron chi connectivity index (χ2n) is 7.11. The quantitative estimate of drug-likeness (QED) is 0.889. The molecule has 0 heterocycles. The number of hydrogen-bond donors (Lipinski definition) is 1. The minimum Gasteiger partial charge on any atom is -0.396 e. The van der Waals surface area contributed by atoms with Crippen LogP contribution in [-0.4, -0.2) is 36.1 Å². The van der Waals surface area contributed by atoms with Crippen molar-refractivity contribution in [2.24, 2.45) is 5.41 Å². The van der Waals surface area contributed by atoms with Crippen LogP contribution >= 0.6 is 0 Å². The van der Waals surface area contributed by atoms with Crippen molar-refractivity contribution >= 4 is 5.91 Å². The summed E-state index contributed by atoms with van der Waals surface area (Å²) in [4.78, 5) is 14.4. The van der Waals surface area contributed by atoms with E-state index in [1.165, 1.54) is 12.1 Å². The lowest BCUT2D eigenvalue weighted by Gasteiger charge is -2.31. The van der Waals surface area contributed by atoms with Gasteiger partial charge in [-0.15, -0.1) is 0 Å². The maximum absolute atomic E-state index is 13.3. The highest BCUT2D eigenvalue weighted by atomic mass is 19.1. The van der Waals surface area contributed by atoms with E-state index >= 15 is 0 Å². The third-order valence-corrected chi connectivity index (χ3v) is 5.21. The average molecular weight is 341 g/mol. The summed E-state index contributed by atoms with van der Waals surface area (Å²) in [5.41, 5.74) is 2.12. The smallest absolute Gasteiger partial charge is 0.253 e. The van der Waals surface area contributed by atoms with E-state index in [4.69, 9.17) is 0 Å². The van der Waals surface area contributed by atoms with Gasteiger partial charge in [-0.25, -0.2) is 4.39 Å². The first kappa shape index (κ1) is 17.6. The van der Waals surface area contributed by atoms with Crippen LogP contribution in [0.3, 0.4) is 0 Å². The molecule has 1 aliphatic carbocycles. The molecule has 0 spiro atoms. The van der Waals surface area contributed by atoms with E-state index in [1.54, 1.807) is 30.1 Å². The highest BCUT2D eigenvalue weighted by Gasteiger charge is 2.35. The van der Waals surface area contributed by atoms with Crippen LogP contribution in [-0.2, 0) is 0 Å². The van der Waals surface area contributed by atoms with Gasteiger partial charge in [0.15, 0.2) is 0 Å². The zero-order valence-electron chi connectivity index (χ0n) is 14.5. The van der Waals surface area contributed by atoms with Gasteiger partial charge in [-0.3, -0.25) is 4.79 Å². The highest BCUT2D eigenvalue weighted by molar-refractivity contribution is 5.94. The normalized spacial score (nSPS) is 16.0. The van der Waals surface area contributed by atoms with Crippen LogP contribution in [0.2, 0.25) is 0 Å². The van der Waals surface area contributed by atoms with Gasteiger partial charge in [0.2, 0.25) is 0 Å². The summed E-state index contributed by atoms with van der Waals surface area (Å²) in [5.74, 6) is -0.325. The Morgan fingerprint density at radius 1 is 1.12 bits per heavy atom. The Morgan fingerprint density at radius 2 is 1.80 bits per heavy atom. The number of carbonyl (C=O) groups is 1. The summed E-state index contributed by atoms with van der Waals surface area (Å²) in [5, 5.41) is 9.73. The number of nitrogens with zero attached hydrogens (tertiary/aromatic N) is 1. The Balaban J connectivity index is 1.72. The fraction of sp³-hybridized carbons (Fsp3) is 0.381. The highest BCUT2D eigenvalue weighted by Crippen LogP contribution is 2.38. The number of amides is 1. The third-order valence-electron chi connectivity index (χ3n) is 5.21. The number of hydrogen-bond acceptors (Lipinski definition) is 2. The zero-order chi connectivity index (χ0) is 17.9. The van der Waals surface area contributed by atoms with Crippen LogP contribution in [0.5, 0.6) is 0 Å². The first-order valence-electron chi connectivity index (χ1n) is 8.75. The van der Waals surface area contributed by atoms with E-state index in [9.17, 15) is 14.3 Å². The molecule has 0 aromatic heterocycles. The molecule has 2 aromatic carbocycles. The molecule has 4 heteroatoms. The minimum atomic E-state index is -0.275. The van der Waals surface area contributed by atoms with Gasteiger partial charge in [0, 0.05) is 24.6 Å². The number of aliphatic hydroxyl groups is 1. The summed E-state index contributed by atoms with van der Waals surface area (Å²) in [6.07, 6.45) is 4.18. The molecule has 3 rings (SSSR count). The summed E-state index contributed by atoms with van der Waals surface area (Å²) >= 11 is 0. The fourth-order valence-corrected chi connectivity index (χ4v) is 3.76. The number of rotatable bonds is 5. The fourth-order valence-electron chi connectivity index (χ4n) is 3.76. The monoisotopic (exact) mass is 341 g/mol. The molecule has 0 bridgehead atoms. The Labute approximate surface area is 148 Å². The van der Waals surface area contributed by atoms with Crippen molar-refractivity contribution in [2.75, 3.05) is 20.2 Å². The lowest BCUT2D eigenvalue weighted by molar-refractivity contribution is 0.0595. The van der Waals surface area contributed by atoms with E-state index in [0.29, 0.717) is 12.1 Å². The van der Waals surface area contributed by atoms with Crippen LogP contribution in [0, 0.1) is 11.2 Å². The lowest BCUT2D eigenvalue weighted by Crippen LogP contribution is -2.39. The first-order chi connectivity index (χ1) is 12.0. The maximum Gasteiger partial charge on any atom is 0.253 e. The van der Waals surface area contributed by atoms with E-state index in [2.05, 4.69) is 0 Å². The molecule has 1 fully saturated rings. The zero-order valence-corrected chi connectivity index (χ0v) is 14.5. The molecule has 0 aliphatic heterocycles. The van der Waals surface area contributed by atoms with E-state index in [1.807, 2.05) is 18.2 Å². The Bertz CT molecular complexity index is 736. The molecule has 0 radical (unpaired) electrons. The molecule has 0 unspecified atom stereocenters. The first-order valence-corrected chi connectivity index (χ1v) is 8.75. The summed E-state index contributed by atoms with van der Waals surface area (Å²) in [7, 11) is 1.79. The molecule has 132 valence electrons. The molecule has 0 atom stereocenters. The summed E-state index contributed by atoms with van der Waals surface area (Å²) < 4.78 is 13.3. The van der Waals surface area contributed by atoms with Gasteiger partial charge < -0.3 is 10.0 Å². The van der Waals surface area contributed by atoms with Crippen LogP contribution in [0.1, 0.15) is 36.0 Å². The van der Waals surface area contributed by atoms with Crippen LogP contribution in [0.4, 0.5) is 4.39 Å². The van der Waals surface area contributed by atoms with Crippen molar-refractivity contribution in [3.8, 4) is 11.1 Å². The molecule has 3 nitrogen and oxygen atoms in total. The molecule has 1 amide bonds. The number of benzene rings is 2. The third kappa shape index (κ3) is 3.90. The summed E-state index contributed by atoms with van der Waals surface area (Å²) in [6, 6.07) is 13.6. The molecule has 1 saturated carbocycles. The van der Waals surface area contributed by atoms with Crippen LogP contribution in [0.15, 0.2) is 48.5 Å². The van der Waals surface area contributed by atoms with Gasteiger partial charge in [-0.05, 0) is 48.2 Å². The van der Waals surface area contributed by atoms with Gasteiger partial charge in [0.05, 0.1) is 6.61 Å². The van der Waals surface area contributed by atoms with Crippen LogP contribution < -0.4 is 0 Å². The summed E-state index contributed by atoms with van der Waals surface area (Å²) in [6.45, 7) is 0.705. The van der Waals surface area contributed by atoms with Gasteiger partial charge >= 0.3 is 0 Å². The maximum atomic E-state index is 13.3. The van der Waals surface area contributed by atoms with E-state index in [-0.39, 0.29) is 23.7 Å². The van der Waals surface area contributed by atoms with Crippen molar-refractivity contribution < 1.29 is 14.3 Å². The molecular formula is C21H24FNO2. The van der Waals surface area contributed by atoms with E-state index < -0.39 is 0 Å². The molecule has 1 N–H and O–H groups in total. The SMILES string of the molecule is CN(CC1(CO)CCCC1)C(=O)c1ccc(-c2cccc(F)c2)cc1. The number of aliphatic hydroxyl groups excluding tert-OH is 1. The Kier molecular flexibility index (Phi) is 5.19. The average Bonchev–Trinajstić information content (AvgIpc) is 3.10. The van der Waals surface area contributed by atoms with Gasteiger partial charge in [-0.1, -0.05) is 37.1 Å². The topological polar surface area (TPSA) is 40.5 Å². The van der Waals surface area contributed by atoms with Crippen molar-refractivity contribution in [3.63, 3.8) is 0 Å². The molecule has 25 heavy (non-hydrogen) atoms. The van der Waals surface area contributed by atoms with Crippen molar-refractivity contribution in [3.05, 3.63) is 59.9 Å². The predicted octanol–water partition coefficient (Wildman–Crippen LogP) is 4.12. The van der Waals surface area contributed by atoms with Crippen molar-refractivity contribution in [1.29, 1.82) is 0 Å². The Morgan fingerprint density at radius 3 is 2.40 bits per heavy atom. The molecule has 0 saturated heterocycles.